The molecule has 1 amide bonds. The van der Waals surface area contributed by atoms with Gasteiger partial charge >= 0.3 is 0 Å². The van der Waals surface area contributed by atoms with Gasteiger partial charge < -0.3 is 16.0 Å². The number of hydrogen-bond acceptors (Lipinski definition) is 3. The average Bonchev–Trinajstić information content (AvgIpc) is 2.44. The standard InChI is InChI=1S/C16H26FN3O/c1-4-13(5-2)20(3)10-6-7-16(21)19-12-8-9-14(17)15(18)11-12/h8-9,11,13H,4-7,10,18H2,1-3H3,(H,19,21). The number of amides is 1. The molecular formula is C16H26FN3O. The van der Waals surface area contributed by atoms with Gasteiger partial charge in [-0.15, -0.1) is 0 Å². The monoisotopic (exact) mass is 295 g/mol. The summed E-state index contributed by atoms with van der Waals surface area (Å²) in [5, 5.41) is 2.74. The molecule has 0 aliphatic carbocycles. The summed E-state index contributed by atoms with van der Waals surface area (Å²) in [6.45, 7) is 5.25. The first kappa shape index (κ1) is 17.4. The maximum atomic E-state index is 13.0. The van der Waals surface area contributed by atoms with Gasteiger partial charge in [0, 0.05) is 18.2 Å². The molecule has 0 aliphatic rings. The van der Waals surface area contributed by atoms with Crippen LogP contribution >= 0.6 is 0 Å². The lowest BCUT2D eigenvalue weighted by molar-refractivity contribution is -0.116. The van der Waals surface area contributed by atoms with Crippen LogP contribution < -0.4 is 11.1 Å². The van der Waals surface area contributed by atoms with Crippen molar-refractivity contribution in [1.82, 2.24) is 4.90 Å². The van der Waals surface area contributed by atoms with Gasteiger partial charge in [-0.3, -0.25) is 4.79 Å². The molecule has 0 atom stereocenters. The second kappa shape index (κ2) is 8.62. The lowest BCUT2D eigenvalue weighted by Crippen LogP contribution is -2.31. The summed E-state index contributed by atoms with van der Waals surface area (Å²) < 4.78 is 13.0. The highest BCUT2D eigenvalue weighted by molar-refractivity contribution is 5.91. The van der Waals surface area contributed by atoms with E-state index in [4.69, 9.17) is 5.73 Å². The minimum absolute atomic E-state index is 0.0428. The van der Waals surface area contributed by atoms with Crippen molar-refractivity contribution in [1.29, 1.82) is 0 Å². The topological polar surface area (TPSA) is 58.4 Å². The number of carbonyl (C=O) groups excluding carboxylic acids is 1. The molecule has 1 rings (SSSR count). The van der Waals surface area contributed by atoms with Crippen LogP contribution in [-0.2, 0) is 4.79 Å². The maximum absolute atomic E-state index is 13.0. The predicted octanol–water partition coefficient (Wildman–Crippen LogP) is 3.25. The molecule has 3 N–H and O–H groups in total. The fourth-order valence-corrected chi connectivity index (χ4v) is 2.43. The van der Waals surface area contributed by atoms with Gasteiger partial charge in [0.2, 0.25) is 5.91 Å². The zero-order valence-electron chi connectivity index (χ0n) is 13.2. The third-order valence-electron chi connectivity index (χ3n) is 3.76. The molecule has 1 aromatic carbocycles. The molecule has 118 valence electrons. The molecule has 0 bridgehead atoms. The molecule has 0 unspecified atom stereocenters. The molecule has 0 radical (unpaired) electrons. The van der Waals surface area contributed by atoms with Gasteiger partial charge in [-0.25, -0.2) is 4.39 Å². The summed E-state index contributed by atoms with van der Waals surface area (Å²) in [7, 11) is 2.09. The Kier molecular flexibility index (Phi) is 7.15. The van der Waals surface area contributed by atoms with Crippen LogP contribution in [0.4, 0.5) is 15.8 Å². The lowest BCUT2D eigenvalue weighted by Gasteiger charge is -2.25. The summed E-state index contributed by atoms with van der Waals surface area (Å²) in [4.78, 5) is 14.1. The quantitative estimate of drug-likeness (QED) is 0.724. The van der Waals surface area contributed by atoms with Crippen molar-refractivity contribution in [3.63, 3.8) is 0 Å². The van der Waals surface area contributed by atoms with Crippen LogP contribution in [0.5, 0.6) is 0 Å². The lowest BCUT2D eigenvalue weighted by atomic mass is 10.1. The first-order valence-corrected chi connectivity index (χ1v) is 7.53. The molecule has 0 saturated carbocycles. The number of nitrogens with two attached hydrogens (primary N) is 1. The normalized spacial score (nSPS) is 11.1. The fraction of sp³-hybridized carbons (Fsp3) is 0.562. The summed E-state index contributed by atoms with van der Waals surface area (Å²) in [5.41, 5.74) is 6.04. The minimum atomic E-state index is -0.472. The molecule has 4 nitrogen and oxygen atoms in total. The van der Waals surface area contributed by atoms with Gasteiger partial charge in [0.05, 0.1) is 5.69 Å². The van der Waals surface area contributed by atoms with Gasteiger partial charge in [0.1, 0.15) is 5.82 Å². The van der Waals surface area contributed by atoms with E-state index in [0.29, 0.717) is 18.2 Å². The van der Waals surface area contributed by atoms with Gasteiger partial charge in [-0.05, 0) is 51.1 Å². The van der Waals surface area contributed by atoms with Gasteiger partial charge in [0.25, 0.3) is 0 Å². The van der Waals surface area contributed by atoms with E-state index >= 15 is 0 Å². The number of benzene rings is 1. The molecule has 0 aliphatic heterocycles. The van der Waals surface area contributed by atoms with Crippen molar-refractivity contribution in [3.8, 4) is 0 Å². The summed E-state index contributed by atoms with van der Waals surface area (Å²) in [6.07, 6.45) is 3.49. The molecule has 0 saturated heterocycles. The first-order valence-electron chi connectivity index (χ1n) is 7.53. The number of hydrogen-bond donors (Lipinski definition) is 2. The third-order valence-corrected chi connectivity index (χ3v) is 3.76. The number of rotatable bonds is 8. The fourth-order valence-electron chi connectivity index (χ4n) is 2.43. The van der Waals surface area contributed by atoms with Crippen LogP contribution in [0.2, 0.25) is 0 Å². The highest BCUT2D eigenvalue weighted by atomic mass is 19.1. The molecular weight excluding hydrogens is 269 g/mol. The Bertz CT molecular complexity index is 461. The van der Waals surface area contributed by atoms with E-state index in [9.17, 15) is 9.18 Å². The number of nitrogen functional groups attached to an aromatic ring is 1. The van der Waals surface area contributed by atoms with Crippen LogP contribution in [0.25, 0.3) is 0 Å². The van der Waals surface area contributed by atoms with E-state index in [1.807, 2.05) is 0 Å². The molecule has 0 spiro atoms. The van der Waals surface area contributed by atoms with Crippen LogP contribution in [0.1, 0.15) is 39.5 Å². The van der Waals surface area contributed by atoms with E-state index in [1.54, 1.807) is 0 Å². The summed E-state index contributed by atoms with van der Waals surface area (Å²) >= 11 is 0. The van der Waals surface area contributed by atoms with Crippen LogP contribution in [0.3, 0.4) is 0 Å². The van der Waals surface area contributed by atoms with Crippen molar-refractivity contribution in [2.75, 3.05) is 24.6 Å². The Morgan fingerprint density at radius 3 is 2.62 bits per heavy atom. The molecule has 0 heterocycles. The zero-order chi connectivity index (χ0) is 15.8. The number of halogens is 1. The van der Waals surface area contributed by atoms with E-state index < -0.39 is 5.82 Å². The second-order valence-electron chi connectivity index (χ2n) is 5.34. The van der Waals surface area contributed by atoms with Crippen LogP contribution in [0.15, 0.2) is 18.2 Å². The Morgan fingerprint density at radius 2 is 2.05 bits per heavy atom. The van der Waals surface area contributed by atoms with Crippen molar-refractivity contribution in [2.24, 2.45) is 0 Å². The van der Waals surface area contributed by atoms with E-state index in [1.165, 1.54) is 18.2 Å². The molecule has 0 fully saturated rings. The number of carbonyl (C=O) groups is 1. The Morgan fingerprint density at radius 1 is 1.38 bits per heavy atom. The van der Waals surface area contributed by atoms with E-state index in [-0.39, 0.29) is 11.6 Å². The second-order valence-corrected chi connectivity index (χ2v) is 5.34. The molecule has 1 aromatic rings. The number of anilines is 2. The zero-order valence-corrected chi connectivity index (χ0v) is 13.2. The average molecular weight is 295 g/mol. The summed E-state index contributed by atoms with van der Waals surface area (Å²) in [5.74, 6) is -0.543. The number of nitrogens with zero attached hydrogens (tertiary/aromatic N) is 1. The third kappa shape index (κ3) is 5.71. The van der Waals surface area contributed by atoms with Crippen molar-refractivity contribution >= 4 is 17.3 Å². The van der Waals surface area contributed by atoms with Gasteiger partial charge in [-0.1, -0.05) is 13.8 Å². The van der Waals surface area contributed by atoms with Gasteiger partial charge in [0.15, 0.2) is 0 Å². The smallest absolute Gasteiger partial charge is 0.224 e. The first-order chi connectivity index (χ1) is 9.97. The molecule has 21 heavy (non-hydrogen) atoms. The molecule has 0 aromatic heterocycles. The largest absolute Gasteiger partial charge is 0.396 e. The Balaban J connectivity index is 2.35. The van der Waals surface area contributed by atoms with Crippen molar-refractivity contribution < 1.29 is 9.18 Å². The SMILES string of the molecule is CCC(CC)N(C)CCCC(=O)Nc1ccc(F)c(N)c1. The van der Waals surface area contributed by atoms with E-state index in [2.05, 4.69) is 31.1 Å². The maximum Gasteiger partial charge on any atom is 0.224 e. The van der Waals surface area contributed by atoms with E-state index in [0.717, 1.165) is 25.8 Å². The Labute approximate surface area is 126 Å². The highest BCUT2D eigenvalue weighted by Gasteiger charge is 2.11. The van der Waals surface area contributed by atoms with Crippen molar-refractivity contribution in [3.05, 3.63) is 24.0 Å². The minimum Gasteiger partial charge on any atom is -0.396 e. The van der Waals surface area contributed by atoms with Crippen LogP contribution in [-0.4, -0.2) is 30.4 Å². The highest BCUT2D eigenvalue weighted by Crippen LogP contribution is 2.16. The van der Waals surface area contributed by atoms with Crippen molar-refractivity contribution in [2.45, 2.75) is 45.6 Å². The predicted molar refractivity (Wildman–Crippen MR) is 85.7 cm³/mol. The Hall–Kier alpha value is -1.62. The number of nitrogens with one attached hydrogen (secondary N) is 1. The van der Waals surface area contributed by atoms with Crippen LogP contribution in [0, 0.1) is 5.82 Å². The van der Waals surface area contributed by atoms with Gasteiger partial charge in [-0.2, -0.15) is 0 Å². The molecule has 5 heteroatoms. The summed E-state index contributed by atoms with van der Waals surface area (Å²) in [6, 6.07) is 4.78.